The molecule has 0 bridgehead atoms. The Bertz CT molecular complexity index is 702. The van der Waals surface area contributed by atoms with Gasteiger partial charge in [0.1, 0.15) is 5.92 Å². The molecule has 0 N–H and O–H groups in total. The molecule has 2 aromatic carbocycles. The number of carbonyl (C=O) groups is 1. The molecule has 4 heteroatoms. The van der Waals surface area contributed by atoms with Crippen LogP contribution in [0.4, 0.5) is 11.4 Å². The minimum absolute atomic E-state index is 0.150. The van der Waals surface area contributed by atoms with Gasteiger partial charge in [0.2, 0.25) is 5.91 Å². The van der Waals surface area contributed by atoms with Gasteiger partial charge in [-0.2, -0.15) is 5.26 Å². The van der Waals surface area contributed by atoms with E-state index in [1.165, 1.54) is 0 Å². The summed E-state index contributed by atoms with van der Waals surface area (Å²) in [7, 11) is 3.96. The molecule has 24 heavy (non-hydrogen) atoms. The Hall–Kier alpha value is -2.80. The molecular weight excluding hydrogens is 298 g/mol. The number of nitriles is 1. The van der Waals surface area contributed by atoms with Gasteiger partial charge < -0.3 is 9.80 Å². The summed E-state index contributed by atoms with van der Waals surface area (Å²) in [6.45, 7) is 2.46. The number of nitrogens with zero attached hydrogens (tertiary/aromatic N) is 3. The normalized spacial score (nSPS) is 11.4. The summed E-state index contributed by atoms with van der Waals surface area (Å²) in [5.74, 6) is -0.835. The number of anilines is 2. The molecule has 0 radical (unpaired) electrons. The highest BCUT2D eigenvalue weighted by molar-refractivity contribution is 5.96. The number of benzene rings is 2. The number of rotatable bonds is 6. The minimum Gasteiger partial charge on any atom is -0.378 e. The standard InChI is InChI=1S/C20H23N3O/c1-4-23(19-8-6-5-7-9-19)20(24)17(15-21)14-16-10-12-18(13-11-16)22(2)3/h5-13,17H,4,14H2,1-3H3. The van der Waals surface area contributed by atoms with Gasteiger partial charge in [0.25, 0.3) is 0 Å². The molecule has 124 valence electrons. The molecule has 0 spiro atoms. The van der Waals surface area contributed by atoms with E-state index in [2.05, 4.69) is 6.07 Å². The molecule has 2 aromatic rings. The van der Waals surface area contributed by atoms with Crippen LogP contribution in [0.2, 0.25) is 0 Å². The molecular formula is C20H23N3O. The number of para-hydroxylation sites is 1. The maximum atomic E-state index is 12.8. The quantitative estimate of drug-likeness (QED) is 0.818. The van der Waals surface area contributed by atoms with Crippen molar-refractivity contribution in [1.29, 1.82) is 5.26 Å². The van der Waals surface area contributed by atoms with Crippen molar-refractivity contribution in [1.82, 2.24) is 0 Å². The Morgan fingerprint density at radius 3 is 2.17 bits per heavy atom. The lowest BCUT2D eigenvalue weighted by Gasteiger charge is -2.23. The fraction of sp³-hybridized carbons (Fsp3) is 0.300. The van der Waals surface area contributed by atoms with Gasteiger partial charge in [-0.25, -0.2) is 0 Å². The molecule has 1 atom stereocenters. The van der Waals surface area contributed by atoms with Crippen molar-refractivity contribution in [2.45, 2.75) is 13.3 Å². The predicted molar refractivity (Wildman–Crippen MR) is 98.0 cm³/mol. The van der Waals surface area contributed by atoms with Crippen molar-refractivity contribution >= 4 is 17.3 Å². The summed E-state index contributed by atoms with van der Waals surface area (Å²) in [5, 5.41) is 9.49. The topological polar surface area (TPSA) is 47.3 Å². The van der Waals surface area contributed by atoms with E-state index in [1.54, 1.807) is 4.90 Å². The molecule has 0 saturated carbocycles. The maximum Gasteiger partial charge on any atom is 0.244 e. The van der Waals surface area contributed by atoms with Gasteiger partial charge in [-0.15, -0.1) is 0 Å². The van der Waals surface area contributed by atoms with Crippen LogP contribution >= 0.6 is 0 Å². The number of hydrogen-bond acceptors (Lipinski definition) is 3. The highest BCUT2D eigenvalue weighted by Gasteiger charge is 2.24. The summed E-state index contributed by atoms with van der Waals surface area (Å²) >= 11 is 0. The lowest BCUT2D eigenvalue weighted by Crippen LogP contribution is -2.36. The van der Waals surface area contributed by atoms with E-state index < -0.39 is 5.92 Å². The van der Waals surface area contributed by atoms with Gasteiger partial charge in [-0.05, 0) is 43.2 Å². The van der Waals surface area contributed by atoms with Crippen molar-refractivity contribution in [2.75, 3.05) is 30.4 Å². The fourth-order valence-electron chi connectivity index (χ4n) is 2.62. The smallest absolute Gasteiger partial charge is 0.244 e. The molecule has 0 fully saturated rings. The van der Waals surface area contributed by atoms with Crippen LogP contribution in [0.5, 0.6) is 0 Å². The van der Waals surface area contributed by atoms with E-state index in [0.717, 1.165) is 16.9 Å². The van der Waals surface area contributed by atoms with Crippen molar-refractivity contribution in [2.24, 2.45) is 5.92 Å². The van der Waals surface area contributed by atoms with Gasteiger partial charge in [0, 0.05) is 32.0 Å². The summed E-state index contributed by atoms with van der Waals surface area (Å²) in [6.07, 6.45) is 0.423. The zero-order valence-electron chi connectivity index (χ0n) is 14.4. The molecule has 0 aliphatic carbocycles. The van der Waals surface area contributed by atoms with Gasteiger partial charge in [-0.1, -0.05) is 30.3 Å². The third kappa shape index (κ3) is 4.14. The fourth-order valence-corrected chi connectivity index (χ4v) is 2.62. The van der Waals surface area contributed by atoms with E-state index in [4.69, 9.17) is 0 Å². The third-order valence-electron chi connectivity index (χ3n) is 4.00. The highest BCUT2D eigenvalue weighted by atomic mass is 16.2. The largest absolute Gasteiger partial charge is 0.378 e. The molecule has 0 aliphatic heterocycles. The average molecular weight is 321 g/mol. The highest BCUT2D eigenvalue weighted by Crippen LogP contribution is 2.20. The summed E-state index contributed by atoms with van der Waals surface area (Å²) < 4.78 is 0. The van der Waals surface area contributed by atoms with E-state index in [-0.39, 0.29) is 5.91 Å². The lowest BCUT2D eigenvalue weighted by molar-refractivity contribution is -0.120. The summed E-state index contributed by atoms with van der Waals surface area (Å²) in [6, 6.07) is 19.6. The molecule has 0 saturated heterocycles. The molecule has 0 aromatic heterocycles. The monoisotopic (exact) mass is 321 g/mol. The second-order valence-electron chi connectivity index (χ2n) is 5.86. The number of amides is 1. The molecule has 0 aliphatic rings. The first-order valence-electron chi connectivity index (χ1n) is 8.09. The van der Waals surface area contributed by atoms with Crippen LogP contribution in [0.25, 0.3) is 0 Å². The first kappa shape index (κ1) is 17.6. The zero-order valence-corrected chi connectivity index (χ0v) is 14.4. The van der Waals surface area contributed by atoms with E-state index in [0.29, 0.717) is 13.0 Å². The number of carbonyl (C=O) groups excluding carboxylic acids is 1. The Labute approximate surface area is 143 Å². The Balaban J connectivity index is 2.15. The third-order valence-corrected chi connectivity index (χ3v) is 4.00. The van der Waals surface area contributed by atoms with Crippen molar-refractivity contribution in [3.63, 3.8) is 0 Å². The summed E-state index contributed by atoms with van der Waals surface area (Å²) in [4.78, 5) is 16.5. The molecule has 0 heterocycles. The van der Waals surface area contributed by atoms with Crippen LogP contribution in [0.3, 0.4) is 0 Å². The SMILES string of the molecule is CCN(C(=O)C(C#N)Cc1ccc(N(C)C)cc1)c1ccccc1. The van der Waals surface area contributed by atoms with E-state index in [9.17, 15) is 10.1 Å². The average Bonchev–Trinajstić information content (AvgIpc) is 2.61. The van der Waals surface area contributed by atoms with Crippen molar-refractivity contribution < 1.29 is 4.79 Å². The molecule has 1 unspecified atom stereocenters. The number of hydrogen-bond donors (Lipinski definition) is 0. The van der Waals surface area contributed by atoms with Gasteiger partial charge >= 0.3 is 0 Å². The Kier molecular flexibility index (Phi) is 5.97. The van der Waals surface area contributed by atoms with Gasteiger partial charge in [0.15, 0.2) is 0 Å². The van der Waals surface area contributed by atoms with Crippen LogP contribution in [0.1, 0.15) is 12.5 Å². The van der Waals surface area contributed by atoms with Crippen LogP contribution in [-0.2, 0) is 11.2 Å². The summed E-state index contributed by atoms with van der Waals surface area (Å²) in [5.41, 5.74) is 2.91. The Morgan fingerprint density at radius 1 is 1.04 bits per heavy atom. The zero-order chi connectivity index (χ0) is 17.5. The van der Waals surface area contributed by atoms with Crippen LogP contribution < -0.4 is 9.80 Å². The first-order valence-corrected chi connectivity index (χ1v) is 8.09. The van der Waals surface area contributed by atoms with Crippen molar-refractivity contribution in [3.8, 4) is 6.07 Å². The van der Waals surface area contributed by atoms with Crippen LogP contribution in [0.15, 0.2) is 54.6 Å². The molecule has 2 rings (SSSR count). The predicted octanol–water partition coefficient (Wildman–Crippen LogP) is 3.49. The molecule has 1 amide bonds. The van der Waals surface area contributed by atoms with Crippen LogP contribution in [0, 0.1) is 17.2 Å². The van der Waals surface area contributed by atoms with Crippen molar-refractivity contribution in [3.05, 3.63) is 60.2 Å². The molecule has 4 nitrogen and oxygen atoms in total. The second kappa shape index (κ2) is 8.16. The first-order chi connectivity index (χ1) is 11.6. The van der Waals surface area contributed by atoms with Gasteiger partial charge in [-0.3, -0.25) is 4.79 Å². The van der Waals surface area contributed by atoms with E-state index >= 15 is 0 Å². The van der Waals surface area contributed by atoms with E-state index in [1.807, 2.05) is 80.5 Å². The maximum absolute atomic E-state index is 12.8. The van der Waals surface area contributed by atoms with Gasteiger partial charge in [0.05, 0.1) is 6.07 Å². The lowest BCUT2D eigenvalue weighted by atomic mass is 9.98. The second-order valence-corrected chi connectivity index (χ2v) is 5.86. The van der Waals surface area contributed by atoms with Crippen LogP contribution in [-0.4, -0.2) is 26.5 Å². The Morgan fingerprint density at radius 2 is 1.67 bits per heavy atom. The minimum atomic E-state index is -0.685.